The van der Waals surface area contributed by atoms with Crippen molar-refractivity contribution in [3.63, 3.8) is 0 Å². The van der Waals surface area contributed by atoms with Crippen LogP contribution in [0.25, 0.3) is 11.2 Å². The molecule has 9 nitrogen and oxygen atoms in total. The van der Waals surface area contributed by atoms with E-state index in [0.29, 0.717) is 49.4 Å². The molecule has 156 valence electrons. The molecule has 3 rings (SSSR count). The highest BCUT2D eigenvalue weighted by atomic mass is 16.5. The maximum Gasteiger partial charge on any atom is 0.320 e. The molecule has 0 bridgehead atoms. The Kier molecular flexibility index (Phi) is 7.67. The molecule has 28 heavy (non-hydrogen) atoms. The average molecular weight is 393 g/mol. The van der Waals surface area contributed by atoms with Gasteiger partial charge in [-0.3, -0.25) is 4.57 Å². The van der Waals surface area contributed by atoms with Crippen molar-refractivity contribution in [2.45, 2.75) is 58.1 Å². The normalized spacial score (nSPS) is 17.1. The van der Waals surface area contributed by atoms with Gasteiger partial charge in [0.15, 0.2) is 17.0 Å². The highest BCUT2D eigenvalue weighted by Crippen LogP contribution is 2.25. The number of nitrogens with two attached hydrogens (primary N) is 1. The van der Waals surface area contributed by atoms with Gasteiger partial charge in [-0.25, -0.2) is 0 Å². The highest BCUT2D eigenvalue weighted by Gasteiger charge is 2.18. The minimum atomic E-state index is 0.229. The standard InChI is InChI=1S/C19H31N5O4/c1-3-4-11-28-18-22-16(20)15-17(23-18)24(19(21-15)25-2)9-7-10-26-13-14-8-5-6-12-27-14/h14H,3-13H2,1-2H3,(H2,20,22,23). The molecule has 0 saturated carbocycles. The van der Waals surface area contributed by atoms with Gasteiger partial charge < -0.3 is 24.7 Å². The maximum absolute atomic E-state index is 6.06. The van der Waals surface area contributed by atoms with Gasteiger partial charge >= 0.3 is 6.01 Å². The Labute approximate surface area is 165 Å². The fourth-order valence-corrected chi connectivity index (χ4v) is 3.19. The average Bonchev–Trinajstić information content (AvgIpc) is 3.07. The molecule has 0 aliphatic carbocycles. The van der Waals surface area contributed by atoms with Crippen LogP contribution in [0, 0.1) is 0 Å². The number of aryl methyl sites for hydroxylation is 1. The van der Waals surface area contributed by atoms with Crippen molar-refractivity contribution in [2.24, 2.45) is 0 Å². The van der Waals surface area contributed by atoms with Crippen molar-refractivity contribution in [1.82, 2.24) is 19.5 Å². The van der Waals surface area contributed by atoms with Crippen LogP contribution in [-0.2, 0) is 16.0 Å². The lowest BCUT2D eigenvalue weighted by Crippen LogP contribution is -2.24. The number of unbranched alkanes of at least 4 members (excludes halogenated alkanes) is 1. The Morgan fingerprint density at radius 2 is 2.07 bits per heavy atom. The third-order valence-corrected chi connectivity index (χ3v) is 4.73. The Morgan fingerprint density at radius 3 is 2.82 bits per heavy atom. The number of anilines is 1. The minimum Gasteiger partial charge on any atom is -0.468 e. The van der Waals surface area contributed by atoms with Gasteiger partial charge in [0.1, 0.15) is 0 Å². The monoisotopic (exact) mass is 393 g/mol. The van der Waals surface area contributed by atoms with Crippen LogP contribution in [0.15, 0.2) is 0 Å². The van der Waals surface area contributed by atoms with Gasteiger partial charge in [-0.2, -0.15) is 15.0 Å². The maximum atomic E-state index is 6.06. The van der Waals surface area contributed by atoms with Gasteiger partial charge in [-0.05, 0) is 32.1 Å². The Hall–Kier alpha value is -2.13. The molecule has 0 amide bonds. The molecule has 1 aliphatic heterocycles. The lowest BCUT2D eigenvalue weighted by atomic mass is 10.1. The van der Waals surface area contributed by atoms with Crippen LogP contribution < -0.4 is 15.2 Å². The number of nitrogen functional groups attached to an aromatic ring is 1. The van der Waals surface area contributed by atoms with Crippen LogP contribution >= 0.6 is 0 Å². The van der Waals surface area contributed by atoms with E-state index in [2.05, 4.69) is 21.9 Å². The molecule has 1 atom stereocenters. The minimum absolute atomic E-state index is 0.229. The van der Waals surface area contributed by atoms with Gasteiger partial charge in [0, 0.05) is 19.8 Å². The first-order valence-corrected chi connectivity index (χ1v) is 10.1. The molecule has 1 fully saturated rings. The molecule has 2 aromatic rings. The number of aromatic nitrogens is 4. The van der Waals surface area contributed by atoms with Crippen LogP contribution in [0.1, 0.15) is 45.4 Å². The van der Waals surface area contributed by atoms with E-state index in [1.807, 2.05) is 4.57 Å². The second kappa shape index (κ2) is 10.4. The number of rotatable bonds is 11. The highest BCUT2D eigenvalue weighted by molar-refractivity contribution is 5.83. The van der Waals surface area contributed by atoms with Crippen LogP contribution in [0.2, 0.25) is 0 Å². The predicted octanol–water partition coefficient (Wildman–Crippen LogP) is 2.57. The molecule has 1 aliphatic rings. The third kappa shape index (κ3) is 5.23. The summed E-state index contributed by atoms with van der Waals surface area (Å²) in [5.74, 6) is 0.291. The zero-order valence-electron chi connectivity index (χ0n) is 16.9. The summed E-state index contributed by atoms with van der Waals surface area (Å²) in [5.41, 5.74) is 7.20. The molecular weight excluding hydrogens is 362 g/mol. The Balaban J connectivity index is 1.61. The molecular formula is C19H31N5O4. The quantitative estimate of drug-likeness (QED) is 0.581. The van der Waals surface area contributed by atoms with Gasteiger partial charge in [-0.1, -0.05) is 13.3 Å². The second-order valence-corrected chi connectivity index (χ2v) is 6.93. The number of hydrogen-bond donors (Lipinski definition) is 1. The van der Waals surface area contributed by atoms with Crippen LogP contribution in [0.5, 0.6) is 12.0 Å². The van der Waals surface area contributed by atoms with E-state index >= 15 is 0 Å². The number of ether oxygens (including phenoxy) is 4. The third-order valence-electron chi connectivity index (χ3n) is 4.73. The SMILES string of the molecule is CCCCOc1nc(N)c2nc(OC)n(CCCOCC3CCCCO3)c2n1. The summed E-state index contributed by atoms with van der Waals surface area (Å²) in [4.78, 5) is 13.1. The van der Waals surface area contributed by atoms with Crippen molar-refractivity contribution in [3.8, 4) is 12.0 Å². The summed E-state index contributed by atoms with van der Waals surface area (Å²) in [5, 5.41) is 0. The van der Waals surface area contributed by atoms with E-state index in [-0.39, 0.29) is 12.1 Å². The van der Waals surface area contributed by atoms with Crippen molar-refractivity contribution >= 4 is 17.0 Å². The summed E-state index contributed by atoms with van der Waals surface area (Å²) in [6, 6.07) is 0.727. The largest absolute Gasteiger partial charge is 0.468 e. The first-order valence-electron chi connectivity index (χ1n) is 10.1. The van der Waals surface area contributed by atoms with Crippen molar-refractivity contribution in [1.29, 1.82) is 0 Å². The van der Waals surface area contributed by atoms with Crippen LogP contribution in [-0.4, -0.2) is 59.2 Å². The fourth-order valence-electron chi connectivity index (χ4n) is 3.19. The van der Waals surface area contributed by atoms with E-state index in [1.54, 1.807) is 7.11 Å². The van der Waals surface area contributed by atoms with Gasteiger partial charge in [0.25, 0.3) is 6.01 Å². The summed E-state index contributed by atoms with van der Waals surface area (Å²) < 4.78 is 24.4. The fraction of sp³-hybridized carbons (Fsp3) is 0.737. The van der Waals surface area contributed by atoms with E-state index in [1.165, 1.54) is 6.42 Å². The van der Waals surface area contributed by atoms with Crippen LogP contribution in [0.3, 0.4) is 0 Å². The zero-order chi connectivity index (χ0) is 19.8. The molecule has 1 saturated heterocycles. The molecule has 2 N–H and O–H groups in total. The zero-order valence-corrected chi connectivity index (χ0v) is 16.9. The summed E-state index contributed by atoms with van der Waals surface area (Å²) in [6.07, 6.45) is 6.45. The Morgan fingerprint density at radius 1 is 1.18 bits per heavy atom. The van der Waals surface area contributed by atoms with Crippen LogP contribution in [0.4, 0.5) is 5.82 Å². The molecule has 0 spiro atoms. The first-order chi connectivity index (χ1) is 13.7. The van der Waals surface area contributed by atoms with E-state index in [9.17, 15) is 0 Å². The molecule has 3 heterocycles. The predicted molar refractivity (Wildman–Crippen MR) is 106 cm³/mol. The lowest BCUT2D eigenvalue weighted by molar-refractivity contribution is -0.0412. The van der Waals surface area contributed by atoms with Gasteiger partial charge in [0.2, 0.25) is 0 Å². The number of imidazole rings is 1. The summed E-state index contributed by atoms with van der Waals surface area (Å²) >= 11 is 0. The number of hydrogen-bond acceptors (Lipinski definition) is 8. The lowest BCUT2D eigenvalue weighted by Gasteiger charge is -2.22. The van der Waals surface area contributed by atoms with E-state index < -0.39 is 0 Å². The van der Waals surface area contributed by atoms with Gasteiger partial charge in [-0.15, -0.1) is 0 Å². The van der Waals surface area contributed by atoms with Crippen molar-refractivity contribution in [2.75, 3.05) is 39.3 Å². The number of nitrogens with zero attached hydrogens (tertiary/aromatic N) is 4. The number of fused-ring (bicyclic) bond motifs is 1. The number of methoxy groups -OCH3 is 1. The molecule has 0 radical (unpaired) electrons. The molecule has 1 unspecified atom stereocenters. The summed E-state index contributed by atoms with van der Waals surface area (Å²) in [6.45, 7) is 5.43. The molecule has 0 aromatic carbocycles. The second-order valence-electron chi connectivity index (χ2n) is 6.93. The van der Waals surface area contributed by atoms with Gasteiger partial charge in [0.05, 0.1) is 26.4 Å². The summed E-state index contributed by atoms with van der Waals surface area (Å²) in [7, 11) is 1.58. The van der Waals surface area contributed by atoms with E-state index in [0.717, 1.165) is 38.7 Å². The topological polar surface area (TPSA) is 107 Å². The Bertz CT molecular complexity index is 745. The van der Waals surface area contributed by atoms with Crippen molar-refractivity contribution in [3.05, 3.63) is 0 Å². The van der Waals surface area contributed by atoms with Crippen molar-refractivity contribution < 1.29 is 18.9 Å². The van der Waals surface area contributed by atoms with E-state index in [4.69, 9.17) is 24.7 Å². The molecule has 2 aromatic heterocycles. The molecule has 9 heteroatoms. The smallest absolute Gasteiger partial charge is 0.320 e. The first kappa shape index (κ1) is 20.6.